The molecule has 0 heterocycles. The Kier molecular flexibility index (Phi) is 11.1. The Balaban J connectivity index is 0. The van der Waals surface area contributed by atoms with Gasteiger partial charge < -0.3 is 17.0 Å². The average Bonchev–Trinajstić information content (AvgIpc) is 1.68. The summed E-state index contributed by atoms with van der Waals surface area (Å²) in [4.78, 5) is 9.80. The first-order valence-corrected chi connectivity index (χ1v) is 3.92. The summed E-state index contributed by atoms with van der Waals surface area (Å²) in [6, 6.07) is 0. The van der Waals surface area contributed by atoms with Crippen molar-refractivity contribution in [1.29, 1.82) is 0 Å². The SMILES string of the molecule is CCO[CH]([Zn+])C=O.[Br-]. The molecule has 0 aromatic carbocycles. The van der Waals surface area contributed by atoms with Gasteiger partial charge in [0.1, 0.15) is 0 Å². The van der Waals surface area contributed by atoms with E-state index in [-0.39, 0.29) is 21.7 Å². The predicted molar refractivity (Wildman–Crippen MR) is 21.5 cm³/mol. The van der Waals surface area contributed by atoms with E-state index in [1.54, 1.807) is 0 Å². The van der Waals surface area contributed by atoms with E-state index < -0.39 is 0 Å². The molecule has 0 rings (SSSR count). The first kappa shape index (κ1) is 11.5. The minimum Gasteiger partial charge on any atom is -1.00 e. The standard InChI is InChI=1S/C4H7O2.BrH.Zn/c1-2-6-4-3-5;;/h3-4H,2H2,1H3;1H;/q;;+1/p-1. The van der Waals surface area contributed by atoms with Crippen LogP contribution in [0.15, 0.2) is 0 Å². The zero-order valence-corrected chi connectivity index (χ0v) is 9.32. The van der Waals surface area contributed by atoms with E-state index in [9.17, 15) is 4.79 Å². The van der Waals surface area contributed by atoms with Crippen molar-refractivity contribution in [3.63, 3.8) is 0 Å². The van der Waals surface area contributed by atoms with Crippen molar-refractivity contribution in [3.8, 4) is 0 Å². The van der Waals surface area contributed by atoms with Crippen molar-refractivity contribution in [2.24, 2.45) is 0 Å². The van der Waals surface area contributed by atoms with Crippen LogP contribution in [0.5, 0.6) is 0 Å². The topological polar surface area (TPSA) is 26.3 Å². The molecular weight excluding hydrogens is 225 g/mol. The van der Waals surface area contributed by atoms with E-state index in [0.717, 1.165) is 24.6 Å². The Morgan fingerprint density at radius 1 is 1.88 bits per heavy atom. The van der Waals surface area contributed by atoms with Crippen LogP contribution in [0.25, 0.3) is 0 Å². The van der Waals surface area contributed by atoms with E-state index in [4.69, 9.17) is 4.74 Å². The van der Waals surface area contributed by atoms with Crippen molar-refractivity contribution in [1.82, 2.24) is 0 Å². The molecule has 0 fully saturated rings. The van der Waals surface area contributed by atoms with Crippen LogP contribution in [-0.2, 0) is 27.8 Å². The summed E-state index contributed by atoms with van der Waals surface area (Å²) < 4.78 is 4.77. The quantitative estimate of drug-likeness (QED) is 0.385. The van der Waals surface area contributed by atoms with Gasteiger partial charge in [0.2, 0.25) is 0 Å². The number of halogens is 1. The molecule has 0 saturated heterocycles. The predicted octanol–water partition coefficient (Wildman–Crippen LogP) is -2.90. The van der Waals surface area contributed by atoms with E-state index in [1.807, 2.05) is 6.92 Å². The van der Waals surface area contributed by atoms with Crippen molar-refractivity contribution in [2.75, 3.05) is 6.61 Å². The monoisotopic (exact) mass is 230 g/mol. The molecule has 0 amide bonds. The van der Waals surface area contributed by atoms with Crippen molar-refractivity contribution in [2.45, 2.75) is 11.6 Å². The van der Waals surface area contributed by atoms with Crippen LogP contribution >= 0.6 is 0 Å². The number of rotatable bonds is 3. The number of carbonyl (C=O) groups excluding carboxylic acids is 1. The molecule has 2 nitrogen and oxygen atoms in total. The molecule has 0 spiro atoms. The summed E-state index contributed by atoms with van der Waals surface area (Å²) >= 11 is 0.900. The molecule has 0 aromatic heterocycles. The Morgan fingerprint density at radius 2 is 2.38 bits per heavy atom. The van der Waals surface area contributed by atoms with Crippen LogP contribution < -0.4 is 17.0 Å². The Labute approximate surface area is 69.4 Å². The van der Waals surface area contributed by atoms with Gasteiger partial charge in [-0.05, 0) is 0 Å². The van der Waals surface area contributed by atoms with Gasteiger partial charge in [-0.15, -0.1) is 0 Å². The summed E-state index contributed by atoms with van der Waals surface area (Å²) in [5.41, 5.74) is 0. The molecule has 1 atom stereocenters. The van der Waals surface area contributed by atoms with Crippen LogP contribution in [-0.4, -0.2) is 17.6 Å². The maximum atomic E-state index is 9.80. The average molecular weight is 232 g/mol. The first-order chi connectivity index (χ1) is 3.31. The van der Waals surface area contributed by atoms with Gasteiger partial charge in [-0.3, -0.25) is 0 Å². The third-order valence-corrected chi connectivity index (χ3v) is 1.43. The molecule has 0 N–H and O–H groups in total. The molecule has 0 bridgehead atoms. The van der Waals surface area contributed by atoms with Crippen LogP contribution in [0.2, 0.25) is 0 Å². The van der Waals surface area contributed by atoms with Gasteiger partial charge in [-0.1, -0.05) is 0 Å². The van der Waals surface area contributed by atoms with Crippen LogP contribution in [0.1, 0.15) is 6.92 Å². The Bertz CT molecular complexity index is 60.0. The molecule has 4 heteroatoms. The smallest absolute Gasteiger partial charge is 1.00 e. The molecule has 44 valence electrons. The van der Waals surface area contributed by atoms with Crippen LogP contribution in [0.4, 0.5) is 0 Å². The largest absolute Gasteiger partial charge is 1.00 e. The number of hydrogen-bond donors (Lipinski definition) is 0. The number of hydrogen-bond acceptors (Lipinski definition) is 2. The fourth-order valence-electron chi connectivity index (χ4n) is 0.253. The minimum absolute atomic E-state index is 0. The van der Waals surface area contributed by atoms with Crippen molar-refractivity contribution >= 4 is 6.29 Å². The normalized spacial score (nSPS) is 11.9. The van der Waals surface area contributed by atoms with Crippen LogP contribution in [0.3, 0.4) is 0 Å². The second-order valence-electron chi connectivity index (χ2n) is 1.13. The Morgan fingerprint density at radius 3 is 2.50 bits per heavy atom. The van der Waals surface area contributed by atoms with Crippen LogP contribution in [0, 0.1) is 0 Å². The second-order valence-corrected chi connectivity index (χ2v) is 2.82. The van der Waals surface area contributed by atoms with E-state index in [2.05, 4.69) is 0 Å². The number of carbonyl (C=O) groups is 1. The number of ether oxygens (including phenoxy) is 1. The Hall–Kier alpha value is 0.733. The van der Waals surface area contributed by atoms with Gasteiger partial charge in [0.25, 0.3) is 0 Å². The maximum absolute atomic E-state index is 9.80. The molecule has 1 unspecified atom stereocenters. The molecular formula is C4H7BrO2Zn. The van der Waals surface area contributed by atoms with E-state index >= 15 is 0 Å². The van der Waals surface area contributed by atoms with Gasteiger partial charge in [0, 0.05) is 0 Å². The molecule has 0 aromatic rings. The van der Waals surface area contributed by atoms with E-state index in [0.29, 0.717) is 6.61 Å². The van der Waals surface area contributed by atoms with Gasteiger partial charge in [0.15, 0.2) is 0 Å². The molecule has 8 heavy (non-hydrogen) atoms. The summed E-state index contributed by atoms with van der Waals surface area (Å²) in [6.45, 7) is 2.52. The fourth-order valence-corrected chi connectivity index (χ4v) is 0.748. The number of aldehydes is 1. The third kappa shape index (κ3) is 6.73. The first-order valence-electron chi connectivity index (χ1n) is 2.21. The molecule has 0 aliphatic carbocycles. The van der Waals surface area contributed by atoms with Gasteiger partial charge in [-0.25, -0.2) is 0 Å². The van der Waals surface area contributed by atoms with Gasteiger partial charge in [0.05, 0.1) is 0 Å². The molecule has 0 aliphatic rings. The fraction of sp³-hybridized carbons (Fsp3) is 0.750. The molecule has 0 radical (unpaired) electrons. The second kappa shape index (κ2) is 7.73. The summed E-state index contributed by atoms with van der Waals surface area (Å²) in [5.74, 6) is 0. The summed E-state index contributed by atoms with van der Waals surface area (Å²) in [6.07, 6.45) is 0.837. The van der Waals surface area contributed by atoms with Gasteiger partial charge in [-0.2, -0.15) is 0 Å². The molecule has 0 aliphatic heterocycles. The summed E-state index contributed by atoms with van der Waals surface area (Å²) in [5, 5.41) is 0. The van der Waals surface area contributed by atoms with Crippen molar-refractivity contribution in [3.05, 3.63) is 0 Å². The zero-order chi connectivity index (χ0) is 5.70. The van der Waals surface area contributed by atoms with Crippen molar-refractivity contribution < 1.29 is 44.8 Å². The zero-order valence-electron chi connectivity index (χ0n) is 4.76. The molecule has 0 saturated carbocycles. The third-order valence-electron chi connectivity index (χ3n) is 0.533. The maximum Gasteiger partial charge on any atom is -1.00 e. The van der Waals surface area contributed by atoms with E-state index in [1.165, 1.54) is 0 Å². The minimum atomic E-state index is -0.106. The summed E-state index contributed by atoms with van der Waals surface area (Å²) in [7, 11) is 0. The van der Waals surface area contributed by atoms with Gasteiger partial charge >= 0.3 is 52.3 Å².